The summed E-state index contributed by atoms with van der Waals surface area (Å²) in [5, 5.41) is 9.18. The van der Waals surface area contributed by atoms with Crippen molar-refractivity contribution in [3.8, 4) is 0 Å². The van der Waals surface area contributed by atoms with Crippen molar-refractivity contribution in [3.05, 3.63) is 41.5 Å². The molecule has 98 valence electrons. The molecule has 0 unspecified atom stereocenters. The van der Waals surface area contributed by atoms with E-state index in [9.17, 15) is 9.90 Å². The van der Waals surface area contributed by atoms with Crippen LogP contribution in [0.1, 0.15) is 61.0 Å². The van der Waals surface area contributed by atoms with Gasteiger partial charge in [-0.3, -0.25) is 0 Å². The van der Waals surface area contributed by atoms with E-state index in [1.54, 1.807) is 6.07 Å². The molecule has 0 bridgehead atoms. The second-order valence-corrected chi connectivity index (χ2v) is 4.77. The number of aryl methyl sites for hydroxylation is 1. The zero-order chi connectivity index (χ0) is 13.5. The van der Waals surface area contributed by atoms with E-state index in [1.165, 1.54) is 12.8 Å². The molecule has 0 aromatic heterocycles. The molecule has 1 N–H and O–H groups in total. The molecule has 2 heteroatoms. The maximum absolute atomic E-state index is 11.2. The number of aromatic carboxylic acids is 1. The van der Waals surface area contributed by atoms with Gasteiger partial charge in [0.1, 0.15) is 0 Å². The Labute approximate surface area is 109 Å². The summed E-state index contributed by atoms with van der Waals surface area (Å²) in [7, 11) is 0. The minimum atomic E-state index is -0.839. The van der Waals surface area contributed by atoms with Crippen molar-refractivity contribution in [2.75, 3.05) is 0 Å². The van der Waals surface area contributed by atoms with Crippen molar-refractivity contribution in [2.24, 2.45) is 0 Å². The lowest BCUT2D eigenvalue weighted by molar-refractivity contribution is 0.0695. The van der Waals surface area contributed by atoms with E-state index in [0.717, 1.165) is 36.0 Å². The van der Waals surface area contributed by atoms with Gasteiger partial charge in [0.2, 0.25) is 0 Å². The number of carbonyl (C=O) groups is 1. The first kappa shape index (κ1) is 14.5. The molecule has 1 aromatic rings. The second-order valence-electron chi connectivity index (χ2n) is 4.77. The Bertz CT molecular complexity index is 433. The van der Waals surface area contributed by atoms with Crippen molar-refractivity contribution < 1.29 is 9.90 Å². The Morgan fingerprint density at radius 3 is 2.56 bits per heavy atom. The van der Waals surface area contributed by atoms with Gasteiger partial charge in [0.25, 0.3) is 0 Å². The molecular weight excluding hydrogens is 224 g/mol. The van der Waals surface area contributed by atoms with Crippen LogP contribution in [0.4, 0.5) is 0 Å². The molecule has 18 heavy (non-hydrogen) atoms. The first-order valence-electron chi connectivity index (χ1n) is 6.58. The van der Waals surface area contributed by atoms with E-state index in [4.69, 9.17) is 0 Å². The van der Waals surface area contributed by atoms with Crippen LogP contribution in [0.15, 0.2) is 24.8 Å². The van der Waals surface area contributed by atoms with E-state index in [0.29, 0.717) is 5.56 Å². The smallest absolute Gasteiger partial charge is 0.335 e. The predicted molar refractivity (Wildman–Crippen MR) is 76.0 cm³/mol. The Balaban J connectivity index is 2.86. The SMILES string of the molecule is C=C(C)c1ccc(C(=O)O)c(CCCCCC)c1. The van der Waals surface area contributed by atoms with Crippen molar-refractivity contribution in [3.63, 3.8) is 0 Å². The molecule has 0 radical (unpaired) electrons. The normalized spacial score (nSPS) is 10.3. The largest absolute Gasteiger partial charge is 0.478 e. The molecule has 0 amide bonds. The number of carboxylic acid groups (broad SMARTS) is 1. The van der Waals surface area contributed by atoms with E-state index < -0.39 is 5.97 Å². The molecule has 0 aliphatic carbocycles. The lowest BCUT2D eigenvalue weighted by Gasteiger charge is -2.09. The van der Waals surface area contributed by atoms with Crippen LogP contribution >= 0.6 is 0 Å². The standard InChI is InChI=1S/C16H22O2/c1-4-5-6-7-8-14-11-13(12(2)3)9-10-15(14)16(17)18/h9-11H,2,4-8H2,1,3H3,(H,17,18). The average molecular weight is 246 g/mol. The quantitative estimate of drug-likeness (QED) is 0.717. The first-order valence-corrected chi connectivity index (χ1v) is 6.58. The van der Waals surface area contributed by atoms with E-state index >= 15 is 0 Å². The Morgan fingerprint density at radius 1 is 1.28 bits per heavy atom. The maximum atomic E-state index is 11.2. The maximum Gasteiger partial charge on any atom is 0.335 e. The van der Waals surface area contributed by atoms with Gasteiger partial charge in [0, 0.05) is 0 Å². The van der Waals surface area contributed by atoms with Crippen LogP contribution in [-0.4, -0.2) is 11.1 Å². The van der Waals surface area contributed by atoms with E-state index in [2.05, 4.69) is 13.5 Å². The predicted octanol–water partition coefficient (Wildman–Crippen LogP) is 4.54. The summed E-state index contributed by atoms with van der Waals surface area (Å²) in [6.07, 6.45) is 5.45. The highest BCUT2D eigenvalue weighted by Gasteiger charge is 2.10. The first-order chi connectivity index (χ1) is 8.56. The molecule has 0 heterocycles. The minimum absolute atomic E-state index is 0.427. The molecule has 0 aliphatic heterocycles. The van der Waals surface area contributed by atoms with Crippen LogP contribution in [0.3, 0.4) is 0 Å². The monoisotopic (exact) mass is 246 g/mol. The summed E-state index contributed by atoms with van der Waals surface area (Å²) in [6, 6.07) is 5.50. The van der Waals surface area contributed by atoms with Crippen molar-refractivity contribution in [1.82, 2.24) is 0 Å². The number of carboxylic acids is 1. The molecule has 2 nitrogen and oxygen atoms in total. The number of hydrogen-bond donors (Lipinski definition) is 1. The summed E-state index contributed by atoms with van der Waals surface area (Å²) < 4.78 is 0. The van der Waals surface area contributed by atoms with Gasteiger partial charge in [-0.05, 0) is 37.0 Å². The highest BCUT2D eigenvalue weighted by atomic mass is 16.4. The summed E-state index contributed by atoms with van der Waals surface area (Å²) in [4.78, 5) is 11.2. The van der Waals surface area contributed by atoms with Gasteiger partial charge in [0.05, 0.1) is 5.56 Å². The molecule has 0 atom stereocenters. The molecular formula is C16H22O2. The Kier molecular flexibility index (Phi) is 5.63. The summed E-state index contributed by atoms with van der Waals surface area (Å²) in [6.45, 7) is 8.02. The third-order valence-electron chi connectivity index (χ3n) is 3.13. The summed E-state index contributed by atoms with van der Waals surface area (Å²) in [5.74, 6) is -0.839. The van der Waals surface area contributed by atoms with Crippen LogP contribution in [0.2, 0.25) is 0 Å². The van der Waals surface area contributed by atoms with Crippen LogP contribution in [-0.2, 0) is 6.42 Å². The molecule has 0 aliphatic rings. The number of rotatable bonds is 7. The lowest BCUT2D eigenvalue weighted by Crippen LogP contribution is -2.03. The number of unbranched alkanes of at least 4 members (excludes halogenated alkanes) is 3. The van der Waals surface area contributed by atoms with Gasteiger partial charge in [0.15, 0.2) is 0 Å². The topological polar surface area (TPSA) is 37.3 Å². The highest BCUT2D eigenvalue weighted by molar-refractivity contribution is 5.90. The second kappa shape index (κ2) is 7.00. The van der Waals surface area contributed by atoms with Crippen molar-refractivity contribution in [1.29, 1.82) is 0 Å². The lowest BCUT2D eigenvalue weighted by atomic mass is 9.96. The number of allylic oxidation sites excluding steroid dienone is 1. The molecule has 0 saturated carbocycles. The van der Waals surface area contributed by atoms with Crippen molar-refractivity contribution in [2.45, 2.75) is 46.0 Å². The average Bonchev–Trinajstić information content (AvgIpc) is 2.34. The van der Waals surface area contributed by atoms with Crippen LogP contribution < -0.4 is 0 Å². The Morgan fingerprint density at radius 2 is 2.00 bits per heavy atom. The van der Waals surface area contributed by atoms with Gasteiger partial charge in [-0.15, -0.1) is 0 Å². The Hall–Kier alpha value is -1.57. The van der Waals surface area contributed by atoms with Crippen LogP contribution in [0.5, 0.6) is 0 Å². The molecule has 1 rings (SSSR count). The fourth-order valence-corrected chi connectivity index (χ4v) is 2.02. The van der Waals surface area contributed by atoms with Crippen LogP contribution in [0.25, 0.3) is 5.57 Å². The van der Waals surface area contributed by atoms with Gasteiger partial charge < -0.3 is 5.11 Å². The van der Waals surface area contributed by atoms with Crippen molar-refractivity contribution >= 4 is 11.5 Å². The fraction of sp³-hybridized carbons (Fsp3) is 0.438. The van der Waals surface area contributed by atoms with E-state index in [-0.39, 0.29) is 0 Å². The molecule has 1 aromatic carbocycles. The number of benzene rings is 1. The van der Waals surface area contributed by atoms with E-state index in [1.807, 2.05) is 19.1 Å². The van der Waals surface area contributed by atoms with Gasteiger partial charge in [-0.2, -0.15) is 0 Å². The highest BCUT2D eigenvalue weighted by Crippen LogP contribution is 2.20. The van der Waals surface area contributed by atoms with Gasteiger partial charge in [-0.25, -0.2) is 4.79 Å². The molecule has 0 saturated heterocycles. The van der Waals surface area contributed by atoms with Crippen LogP contribution in [0, 0.1) is 0 Å². The third kappa shape index (κ3) is 4.02. The fourth-order valence-electron chi connectivity index (χ4n) is 2.02. The summed E-state index contributed by atoms with van der Waals surface area (Å²) >= 11 is 0. The van der Waals surface area contributed by atoms with Gasteiger partial charge >= 0.3 is 5.97 Å². The molecule has 0 spiro atoms. The van der Waals surface area contributed by atoms with Gasteiger partial charge in [-0.1, -0.05) is 50.5 Å². The molecule has 0 fully saturated rings. The minimum Gasteiger partial charge on any atom is -0.478 e. The third-order valence-corrected chi connectivity index (χ3v) is 3.13. The number of hydrogen-bond acceptors (Lipinski definition) is 1. The summed E-state index contributed by atoms with van der Waals surface area (Å²) in [5.41, 5.74) is 3.36. The zero-order valence-corrected chi connectivity index (χ0v) is 11.3. The zero-order valence-electron chi connectivity index (χ0n) is 11.3.